The number of benzene rings is 1. The minimum Gasteiger partial charge on any atom is -0.289 e. The predicted octanol–water partition coefficient (Wildman–Crippen LogP) is 2.68. The largest absolute Gasteiger partial charge is 0.289 e. The van der Waals surface area contributed by atoms with Gasteiger partial charge in [0.15, 0.2) is 5.78 Å². The normalized spacial score (nSPS) is 18.0. The number of fused-ring (bicyclic) bond motifs is 1. The maximum Gasteiger partial charge on any atom is 0.189 e. The molecule has 0 aliphatic heterocycles. The van der Waals surface area contributed by atoms with Gasteiger partial charge in [0, 0.05) is 17.6 Å². The molecule has 0 saturated heterocycles. The van der Waals surface area contributed by atoms with E-state index >= 15 is 0 Å². The SMILES string of the molecule is C/C=C1/Cc2ccc(C)cc2C1=O. The summed E-state index contributed by atoms with van der Waals surface area (Å²) in [6.45, 7) is 3.94. The molecule has 1 aromatic rings. The second-order valence-corrected chi connectivity index (χ2v) is 3.48. The van der Waals surface area contributed by atoms with Crippen LogP contribution in [-0.2, 0) is 6.42 Å². The fourth-order valence-electron chi connectivity index (χ4n) is 1.75. The molecule has 0 atom stereocenters. The maximum absolute atomic E-state index is 11.7. The van der Waals surface area contributed by atoms with Gasteiger partial charge < -0.3 is 0 Å². The van der Waals surface area contributed by atoms with E-state index in [-0.39, 0.29) is 5.78 Å². The fraction of sp³-hybridized carbons (Fsp3) is 0.250. The number of carbonyl (C=O) groups is 1. The third kappa shape index (κ3) is 1.21. The Labute approximate surface area is 78.1 Å². The highest BCUT2D eigenvalue weighted by Gasteiger charge is 2.23. The van der Waals surface area contributed by atoms with Crippen LogP contribution in [-0.4, -0.2) is 5.78 Å². The molecule has 0 radical (unpaired) electrons. The average molecular weight is 172 g/mol. The van der Waals surface area contributed by atoms with Crippen LogP contribution in [0.15, 0.2) is 29.8 Å². The number of allylic oxidation sites excluding steroid dienone is 2. The Balaban J connectivity index is 2.57. The molecule has 1 nitrogen and oxygen atoms in total. The number of rotatable bonds is 0. The first-order chi connectivity index (χ1) is 6.22. The number of hydrogen-bond acceptors (Lipinski definition) is 1. The molecule has 1 aromatic carbocycles. The Bertz CT molecular complexity index is 400. The Morgan fingerprint density at radius 1 is 1.38 bits per heavy atom. The predicted molar refractivity (Wildman–Crippen MR) is 53.0 cm³/mol. The van der Waals surface area contributed by atoms with E-state index in [1.165, 1.54) is 5.56 Å². The molecule has 0 unspecified atom stereocenters. The number of ketones is 1. The van der Waals surface area contributed by atoms with Crippen LogP contribution in [0.3, 0.4) is 0 Å². The van der Waals surface area contributed by atoms with Gasteiger partial charge in [0.25, 0.3) is 0 Å². The van der Waals surface area contributed by atoms with Gasteiger partial charge in [0.1, 0.15) is 0 Å². The molecule has 66 valence electrons. The molecule has 0 N–H and O–H groups in total. The van der Waals surface area contributed by atoms with Crippen molar-refractivity contribution < 1.29 is 4.79 Å². The summed E-state index contributed by atoms with van der Waals surface area (Å²) in [5.41, 5.74) is 4.15. The molecule has 13 heavy (non-hydrogen) atoms. The molecule has 2 rings (SSSR count). The zero-order chi connectivity index (χ0) is 9.42. The average Bonchev–Trinajstić information content (AvgIpc) is 2.44. The van der Waals surface area contributed by atoms with Crippen LogP contribution >= 0.6 is 0 Å². The molecule has 0 saturated carbocycles. The highest BCUT2D eigenvalue weighted by Crippen LogP contribution is 2.26. The Hall–Kier alpha value is -1.37. The number of hydrogen-bond donors (Lipinski definition) is 0. The van der Waals surface area contributed by atoms with Crippen molar-refractivity contribution in [3.05, 3.63) is 46.5 Å². The zero-order valence-corrected chi connectivity index (χ0v) is 7.92. The quantitative estimate of drug-likeness (QED) is 0.550. The highest BCUT2D eigenvalue weighted by atomic mass is 16.1. The first-order valence-electron chi connectivity index (χ1n) is 4.52. The maximum atomic E-state index is 11.7. The fourth-order valence-corrected chi connectivity index (χ4v) is 1.75. The Morgan fingerprint density at radius 3 is 2.85 bits per heavy atom. The minimum absolute atomic E-state index is 0.209. The van der Waals surface area contributed by atoms with Crippen molar-refractivity contribution >= 4 is 5.78 Å². The van der Waals surface area contributed by atoms with Crippen molar-refractivity contribution in [1.29, 1.82) is 0 Å². The summed E-state index contributed by atoms with van der Waals surface area (Å²) in [6.07, 6.45) is 2.72. The van der Waals surface area contributed by atoms with E-state index in [1.807, 2.05) is 26.0 Å². The summed E-state index contributed by atoms with van der Waals surface area (Å²) < 4.78 is 0. The lowest BCUT2D eigenvalue weighted by atomic mass is 10.1. The monoisotopic (exact) mass is 172 g/mol. The van der Waals surface area contributed by atoms with E-state index < -0.39 is 0 Å². The minimum atomic E-state index is 0.209. The van der Waals surface area contributed by atoms with Crippen molar-refractivity contribution in [3.8, 4) is 0 Å². The lowest BCUT2D eigenvalue weighted by Gasteiger charge is -1.96. The van der Waals surface area contributed by atoms with E-state index in [0.29, 0.717) is 0 Å². The van der Waals surface area contributed by atoms with E-state index in [0.717, 1.165) is 23.1 Å². The highest BCUT2D eigenvalue weighted by molar-refractivity contribution is 6.13. The van der Waals surface area contributed by atoms with E-state index in [9.17, 15) is 4.79 Å². The lowest BCUT2D eigenvalue weighted by Crippen LogP contribution is -1.94. The Kier molecular flexibility index (Phi) is 1.80. The van der Waals surface area contributed by atoms with E-state index in [2.05, 4.69) is 12.1 Å². The van der Waals surface area contributed by atoms with Gasteiger partial charge in [-0.1, -0.05) is 23.8 Å². The molecule has 0 amide bonds. The number of aryl methyl sites for hydroxylation is 1. The molecule has 1 heteroatoms. The Morgan fingerprint density at radius 2 is 2.15 bits per heavy atom. The van der Waals surface area contributed by atoms with Crippen LogP contribution in [0.25, 0.3) is 0 Å². The zero-order valence-electron chi connectivity index (χ0n) is 7.92. The molecular formula is C12H12O. The van der Waals surface area contributed by atoms with E-state index in [1.54, 1.807) is 0 Å². The molecule has 0 spiro atoms. The second-order valence-electron chi connectivity index (χ2n) is 3.48. The second kappa shape index (κ2) is 2.84. The summed E-state index contributed by atoms with van der Waals surface area (Å²) >= 11 is 0. The van der Waals surface area contributed by atoms with Crippen LogP contribution in [0.5, 0.6) is 0 Å². The summed E-state index contributed by atoms with van der Waals surface area (Å²) in [4.78, 5) is 11.7. The molecule has 0 fully saturated rings. The molecule has 0 bridgehead atoms. The summed E-state index contributed by atoms with van der Waals surface area (Å²) in [7, 11) is 0. The summed E-state index contributed by atoms with van der Waals surface area (Å²) in [5.74, 6) is 0.209. The van der Waals surface area contributed by atoms with Crippen molar-refractivity contribution in [1.82, 2.24) is 0 Å². The third-order valence-electron chi connectivity index (χ3n) is 2.53. The lowest BCUT2D eigenvalue weighted by molar-refractivity contribution is 0.103. The summed E-state index contributed by atoms with van der Waals surface area (Å²) in [6, 6.07) is 6.10. The molecule has 0 aromatic heterocycles. The van der Waals surface area contributed by atoms with E-state index in [4.69, 9.17) is 0 Å². The van der Waals surface area contributed by atoms with Crippen LogP contribution in [0, 0.1) is 6.92 Å². The van der Waals surface area contributed by atoms with Crippen LogP contribution in [0.2, 0.25) is 0 Å². The van der Waals surface area contributed by atoms with Gasteiger partial charge >= 0.3 is 0 Å². The molecular weight excluding hydrogens is 160 g/mol. The first kappa shape index (κ1) is 8.24. The van der Waals surface area contributed by atoms with Crippen LogP contribution in [0.4, 0.5) is 0 Å². The molecule has 1 aliphatic rings. The van der Waals surface area contributed by atoms with Gasteiger partial charge in [-0.2, -0.15) is 0 Å². The van der Waals surface area contributed by atoms with Gasteiger partial charge in [-0.05, 0) is 25.5 Å². The van der Waals surface area contributed by atoms with Crippen molar-refractivity contribution in [2.45, 2.75) is 20.3 Å². The van der Waals surface area contributed by atoms with Crippen LogP contribution in [0.1, 0.15) is 28.4 Å². The van der Waals surface area contributed by atoms with Crippen molar-refractivity contribution in [3.63, 3.8) is 0 Å². The molecule has 0 heterocycles. The van der Waals surface area contributed by atoms with Crippen LogP contribution < -0.4 is 0 Å². The van der Waals surface area contributed by atoms with Crippen molar-refractivity contribution in [2.75, 3.05) is 0 Å². The standard InChI is InChI=1S/C12H12O/c1-3-9-7-10-5-4-8(2)6-11(10)12(9)13/h3-6H,7H2,1-2H3/b9-3-. The topological polar surface area (TPSA) is 17.1 Å². The van der Waals surface area contributed by atoms with Gasteiger partial charge in [-0.3, -0.25) is 4.79 Å². The number of Topliss-reactive ketones (excluding diaryl/α,β-unsaturated/α-hetero) is 1. The first-order valence-corrected chi connectivity index (χ1v) is 4.52. The number of carbonyl (C=O) groups excluding carboxylic acids is 1. The van der Waals surface area contributed by atoms with Gasteiger partial charge in [0.2, 0.25) is 0 Å². The molecule has 1 aliphatic carbocycles. The van der Waals surface area contributed by atoms with Gasteiger partial charge in [-0.15, -0.1) is 0 Å². The third-order valence-corrected chi connectivity index (χ3v) is 2.53. The summed E-state index contributed by atoms with van der Waals surface area (Å²) in [5, 5.41) is 0. The van der Waals surface area contributed by atoms with Gasteiger partial charge in [-0.25, -0.2) is 0 Å². The van der Waals surface area contributed by atoms with Gasteiger partial charge in [0.05, 0.1) is 0 Å². The van der Waals surface area contributed by atoms with Crippen molar-refractivity contribution in [2.24, 2.45) is 0 Å². The smallest absolute Gasteiger partial charge is 0.189 e.